The monoisotopic (exact) mass is 548 g/mol. The molecule has 1 N–H and O–H groups in total. The number of carboxylic acids is 1. The molecular weight excluding hydrogens is 484 g/mol. The highest BCUT2D eigenvalue weighted by molar-refractivity contribution is 5.69. The highest BCUT2D eigenvalue weighted by Crippen LogP contribution is 2.17. The normalized spacial score (nSPS) is 12.5. The summed E-state index contributed by atoms with van der Waals surface area (Å²) in [6.45, 7) is 4.44. The van der Waals surface area contributed by atoms with Gasteiger partial charge in [-0.2, -0.15) is 0 Å². The van der Waals surface area contributed by atoms with Gasteiger partial charge in [0.1, 0.15) is 6.10 Å². The number of unbranched alkanes of at least 4 members (excludes halogenated alkanes) is 17. The molecule has 0 heterocycles. The number of carbonyl (C=O) groups is 2. The van der Waals surface area contributed by atoms with E-state index in [-0.39, 0.29) is 12.1 Å². The summed E-state index contributed by atoms with van der Waals surface area (Å²) in [5.41, 5.74) is 0. The fourth-order valence-electron chi connectivity index (χ4n) is 4.91. The smallest absolute Gasteiger partial charge is 0.306 e. The summed E-state index contributed by atoms with van der Waals surface area (Å²) in [4.78, 5) is 22.9. The Morgan fingerprint density at radius 1 is 0.564 bits per heavy atom. The Balaban J connectivity index is 3.67. The number of hydrogen-bond acceptors (Lipinski definition) is 3. The van der Waals surface area contributed by atoms with Crippen LogP contribution in [0.3, 0.4) is 0 Å². The van der Waals surface area contributed by atoms with Crippen molar-refractivity contribution < 1.29 is 19.4 Å². The highest BCUT2D eigenvalue weighted by atomic mass is 16.5. The second kappa shape index (κ2) is 31.0. The van der Waals surface area contributed by atoms with Crippen LogP contribution in [-0.4, -0.2) is 23.1 Å². The van der Waals surface area contributed by atoms with Gasteiger partial charge in [-0.15, -0.1) is 0 Å². The molecule has 4 heteroatoms. The molecule has 0 bridgehead atoms. The Labute approximate surface area is 242 Å². The van der Waals surface area contributed by atoms with Gasteiger partial charge < -0.3 is 9.84 Å². The lowest BCUT2D eigenvalue weighted by Gasteiger charge is -2.18. The second-order valence-electron chi connectivity index (χ2n) is 11.3. The molecule has 0 aromatic rings. The van der Waals surface area contributed by atoms with E-state index >= 15 is 0 Å². The Kier molecular flexibility index (Phi) is 29.7. The maximum Gasteiger partial charge on any atom is 0.306 e. The van der Waals surface area contributed by atoms with Crippen LogP contribution in [0.4, 0.5) is 0 Å². The fourth-order valence-corrected chi connectivity index (χ4v) is 4.91. The summed E-state index contributed by atoms with van der Waals surface area (Å²) in [5, 5.41) is 8.68. The quantitative estimate of drug-likeness (QED) is 0.0550. The van der Waals surface area contributed by atoms with E-state index in [1.807, 2.05) is 0 Å². The Hall–Kier alpha value is -1.58. The maximum atomic E-state index is 12.4. The van der Waals surface area contributed by atoms with E-state index in [0.717, 1.165) is 70.6 Å². The van der Waals surface area contributed by atoms with Gasteiger partial charge in [0.25, 0.3) is 0 Å². The summed E-state index contributed by atoms with van der Waals surface area (Å²) in [6.07, 6.45) is 38.0. The lowest BCUT2D eigenvalue weighted by Crippen LogP contribution is -2.18. The molecule has 0 radical (unpaired) electrons. The van der Waals surface area contributed by atoms with Crippen molar-refractivity contribution in [3.63, 3.8) is 0 Å². The first-order chi connectivity index (χ1) is 19.1. The van der Waals surface area contributed by atoms with Crippen LogP contribution in [0.25, 0.3) is 0 Å². The minimum atomic E-state index is -0.691. The molecule has 0 saturated heterocycles. The van der Waals surface area contributed by atoms with Crippen molar-refractivity contribution in [2.45, 2.75) is 187 Å². The zero-order valence-corrected chi connectivity index (χ0v) is 25.9. The molecule has 0 saturated carbocycles. The molecule has 0 aromatic heterocycles. The van der Waals surface area contributed by atoms with Gasteiger partial charge >= 0.3 is 11.9 Å². The minimum Gasteiger partial charge on any atom is -0.481 e. The molecule has 0 spiro atoms. The predicted octanol–water partition coefficient (Wildman–Crippen LogP) is 11.3. The number of aliphatic carboxylic acids is 1. The van der Waals surface area contributed by atoms with Crippen LogP contribution in [0.2, 0.25) is 0 Å². The van der Waals surface area contributed by atoms with E-state index in [1.165, 1.54) is 83.5 Å². The number of hydrogen-bond donors (Lipinski definition) is 1. The zero-order chi connectivity index (χ0) is 28.7. The van der Waals surface area contributed by atoms with E-state index in [4.69, 9.17) is 9.84 Å². The number of ether oxygens (including phenoxy) is 1. The largest absolute Gasteiger partial charge is 0.481 e. The zero-order valence-electron chi connectivity index (χ0n) is 25.9. The summed E-state index contributed by atoms with van der Waals surface area (Å²) < 4.78 is 5.86. The van der Waals surface area contributed by atoms with Gasteiger partial charge in [0.15, 0.2) is 0 Å². The molecule has 39 heavy (non-hydrogen) atoms. The molecule has 0 aliphatic carbocycles. The molecule has 1 unspecified atom stereocenters. The summed E-state index contributed by atoms with van der Waals surface area (Å²) in [7, 11) is 0. The Morgan fingerprint density at radius 2 is 1.03 bits per heavy atom. The van der Waals surface area contributed by atoms with Gasteiger partial charge in [-0.1, -0.05) is 128 Å². The first-order valence-corrected chi connectivity index (χ1v) is 16.8. The maximum absolute atomic E-state index is 12.4. The number of allylic oxidation sites excluding steroid dienone is 4. The lowest BCUT2D eigenvalue weighted by molar-refractivity contribution is -0.150. The number of esters is 1. The van der Waals surface area contributed by atoms with Gasteiger partial charge in [0, 0.05) is 12.8 Å². The van der Waals surface area contributed by atoms with Gasteiger partial charge in [-0.05, 0) is 64.2 Å². The molecule has 0 aromatic carbocycles. The average Bonchev–Trinajstić information content (AvgIpc) is 2.92. The van der Waals surface area contributed by atoms with Crippen LogP contribution in [0, 0.1) is 0 Å². The summed E-state index contributed by atoms with van der Waals surface area (Å²) in [6, 6.07) is 0. The van der Waals surface area contributed by atoms with E-state index in [0.29, 0.717) is 12.8 Å². The van der Waals surface area contributed by atoms with Gasteiger partial charge in [0.05, 0.1) is 0 Å². The molecule has 0 fully saturated rings. The third-order valence-corrected chi connectivity index (χ3v) is 7.43. The van der Waals surface area contributed by atoms with E-state index in [2.05, 4.69) is 38.2 Å². The van der Waals surface area contributed by atoms with Crippen molar-refractivity contribution in [2.75, 3.05) is 0 Å². The van der Waals surface area contributed by atoms with Crippen molar-refractivity contribution in [3.8, 4) is 0 Å². The van der Waals surface area contributed by atoms with Crippen LogP contribution >= 0.6 is 0 Å². The van der Waals surface area contributed by atoms with E-state index in [9.17, 15) is 9.59 Å². The van der Waals surface area contributed by atoms with Gasteiger partial charge in [-0.3, -0.25) is 9.59 Å². The van der Waals surface area contributed by atoms with E-state index < -0.39 is 5.97 Å². The van der Waals surface area contributed by atoms with Crippen LogP contribution in [0.5, 0.6) is 0 Å². The third-order valence-electron chi connectivity index (χ3n) is 7.43. The standard InChI is InChI=1S/C35H64O4/c1-3-5-7-8-9-10-11-12-13-14-15-16-17-18-22-25-28-32-35(38)39-33(29-6-4-2)30-26-23-20-19-21-24-27-31-34(36)37/h9-10,12-13,33H,3-8,11,14-32H2,1-2H3,(H,36,37)/b10-9-,13-12-. The van der Waals surface area contributed by atoms with Crippen molar-refractivity contribution in [3.05, 3.63) is 24.3 Å². The SMILES string of the molecule is CCCCC/C=C\C/C=C\CCCCCCCCCC(=O)OC(CCCC)CCCCCCCCCC(=O)O. The number of rotatable bonds is 30. The molecule has 0 rings (SSSR count). The number of carboxylic acid groups (broad SMARTS) is 1. The molecule has 228 valence electrons. The number of carbonyl (C=O) groups excluding carboxylic acids is 1. The van der Waals surface area contributed by atoms with Crippen LogP contribution in [-0.2, 0) is 14.3 Å². The lowest BCUT2D eigenvalue weighted by atomic mass is 10.0. The van der Waals surface area contributed by atoms with Crippen LogP contribution in [0.1, 0.15) is 181 Å². The van der Waals surface area contributed by atoms with Crippen LogP contribution < -0.4 is 0 Å². The van der Waals surface area contributed by atoms with Gasteiger partial charge in [0.2, 0.25) is 0 Å². The molecular formula is C35H64O4. The van der Waals surface area contributed by atoms with Gasteiger partial charge in [-0.25, -0.2) is 0 Å². The van der Waals surface area contributed by atoms with Crippen molar-refractivity contribution >= 4 is 11.9 Å². The fraction of sp³-hybridized carbons (Fsp3) is 0.829. The van der Waals surface area contributed by atoms with E-state index in [1.54, 1.807) is 0 Å². The minimum absolute atomic E-state index is 0.00266. The summed E-state index contributed by atoms with van der Waals surface area (Å²) in [5.74, 6) is -0.693. The first kappa shape index (κ1) is 37.4. The first-order valence-electron chi connectivity index (χ1n) is 16.8. The Morgan fingerprint density at radius 3 is 1.59 bits per heavy atom. The van der Waals surface area contributed by atoms with Crippen molar-refractivity contribution in [1.29, 1.82) is 0 Å². The van der Waals surface area contributed by atoms with Crippen molar-refractivity contribution in [2.24, 2.45) is 0 Å². The Bertz CT molecular complexity index is 595. The molecule has 0 amide bonds. The third kappa shape index (κ3) is 30.8. The second-order valence-corrected chi connectivity index (χ2v) is 11.3. The molecule has 1 atom stereocenters. The average molecular weight is 549 g/mol. The highest BCUT2D eigenvalue weighted by Gasteiger charge is 2.13. The topological polar surface area (TPSA) is 63.6 Å². The molecule has 0 aliphatic heterocycles. The van der Waals surface area contributed by atoms with Crippen molar-refractivity contribution in [1.82, 2.24) is 0 Å². The van der Waals surface area contributed by atoms with Crippen LogP contribution in [0.15, 0.2) is 24.3 Å². The predicted molar refractivity (Wildman–Crippen MR) is 167 cm³/mol. The molecule has 4 nitrogen and oxygen atoms in total. The molecule has 0 aliphatic rings. The summed E-state index contributed by atoms with van der Waals surface area (Å²) >= 11 is 0.